The number of nitrogens with one attached hydrogen (secondary N) is 2. The van der Waals surface area contributed by atoms with Crippen LogP contribution in [0.2, 0.25) is 0 Å². The lowest BCUT2D eigenvalue weighted by atomic mass is 10.2. The van der Waals surface area contributed by atoms with Crippen molar-refractivity contribution in [2.75, 3.05) is 38.0 Å². The highest BCUT2D eigenvalue weighted by atomic mass is 19.2. The number of carbonyl (C=O) groups is 1. The predicted octanol–water partition coefficient (Wildman–Crippen LogP) is 0.948. The summed E-state index contributed by atoms with van der Waals surface area (Å²) in [5, 5.41) is 5.31. The number of piperazine rings is 1. The Morgan fingerprint density at radius 2 is 1.95 bits per heavy atom. The number of hydrogen-bond donors (Lipinski definition) is 2. The Balaban J connectivity index is 1.98. The summed E-state index contributed by atoms with van der Waals surface area (Å²) in [6, 6.07) is 1.19. The first-order valence-electron chi connectivity index (χ1n) is 5.94. The summed E-state index contributed by atoms with van der Waals surface area (Å²) < 4.78 is 39.2. The fourth-order valence-electron chi connectivity index (χ4n) is 1.91. The quantitative estimate of drug-likeness (QED) is 0.806. The highest BCUT2D eigenvalue weighted by molar-refractivity contribution is 5.92. The Morgan fingerprint density at radius 1 is 1.26 bits per heavy atom. The van der Waals surface area contributed by atoms with Gasteiger partial charge in [-0.15, -0.1) is 0 Å². The molecule has 1 aliphatic heterocycles. The van der Waals surface area contributed by atoms with E-state index in [1.165, 1.54) is 0 Å². The van der Waals surface area contributed by atoms with Gasteiger partial charge in [0.15, 0.2) is 11.6 Å². The molecule has 4 nitrogen and oxygen atoms in total. The van der Waals surface area contributed by atoms with E-state index in [1.807, 2.05) is 4.90 Å². The molecule has 0 saturated carbocycles. The molecule has 1 fully saturated rings. The number of amides is 1. The molecule has 1 aromatic carbocycles. The molecule has 2 N–H and O–H groups in total. The summed E-state index contributed by atoms with van der Waals surface area (Å²) in [4.78, 5) is 13.5. The maximum Gasteiger partial charge on any atom is 0.238 e. The molecule has 2 rings (SSSR count). The summed E-state index contributed by atoms with van der Waals surface area (Å²) in [6.07, 6.45) is 0. The van der Waals surface area contributed by atoms with Crippen LogP contribution in [-0.4, -0.2) is 43.5 Å². The van der Waals surface area contributed by atoms with E-state index in [0.717, 1.165) is 19.2 Å². The van der Waals surface area contributed by atoms with Crippen molar-refractivity contribution in [3.63, 3.8) is 0 Å². The Morgan fingerprint density at radius 3 is 2.63 bits per heavy atom. The second-order valence-corrected chi connectivity index (χ2v) is 4.32. The van der Waals surface area contributed by atoms with Gasteiger partial charge in [-0.2, -0.15) is 0 Å². The number of anilines is 1. The van der Waals surface area contributed by atoms with E-state index in [0.29, 0.717) is 19.2 Å². The highest BCUT2D eigenvalue weighted by Crippen LogP contribution is 2.19. The second kappa shape index (κ2) is 6.03. The molecule has 1 saturated heterocycles. The molecule has 104 valence electrons. The number of nitrogens with zero attached hydrogens (tertiary/aromatic N) is 1. The van der Waals surface area contributed by atoms with Crippen LogP contribution in [0.1, 0.15) is 0 Å². The van der Waals surface area contributed by atoms with Crippen LogP contribution < -0.4 is 10.6 Å². The van der Waals surface area contributed by atoms with Crippen molar-refractivity contribution in [3.8, 4) is 0 Å². The number of halogens is 3. The number of carbonyl (C=O) groups excluding carboxylic acids is 1. The first-order valence-corrected chi connectivity index (χ1v) is 5.94. The van der Waals surface area contributed by atoms with Crippen molar-refractivity contribution in [2.24, 2.45) is 0 Å². The molecule has 0 spiro atoms. The number of benzene rings is 1. The minimum atomic E-state index is -1.32. The Hall–Kier alpha value is -1.60. The maximum absolute atomic E-state index is 13.3. The summed E-state index contributed by atoms with van der Waals surface area (Å²) in [5.74, 6) is -4.00. The van der Waals surface area contributed by atoms with E-state index in [9.17, 15) is 18.0 Å². The van der Waals surface area contributed by atoms with Gasteiger partial charge in [0, 0.05) is 38.3 Å². The van der Waals surface area contributed by atoms with Crippen LogP contribution >= 0.6 is 0 Å². The molecule has 7 heteroatoms. The van der Waals surface area contributed by atoms with E-state index < -0.39 is 29.0 Å². The largest absolute Gasteiger partial charge is 0.322 e. The zero-order valence-corrected chi connectivity index (χ0v) is 10.2. The lowest BCUT2D eigenvalue weighted by Crippen LogP contribution is -2.46. The van der Waals surface area contributed by atoms with Crippen molar-refractivity contribution >= 4 is 11.6 Å². The number of rotatable bonds is 3. The van der Waals surface area contributed by atoms with E-state index in [1.54, 1.807) is 0 Å². The van der Waals surface area contributed by atoms with Crippen molar-refractivity contribution in [2.45, 2.75) is 0 Å². The molecule has 0 unspecified atom stereocenters. The van der Waals surface area contributed by atoms with Gasteiger partial charge < -0.3 is 10.6 Å². The molecule has 0 atom stereocenters. The van der Waals surface area contributed by atoms with E-state index in [2.05, 4.69) is 10.6 Å². The van der Waals surface area contributed by atoms with Gasteiger partial charge in [0.25, 0.3) is 0 Å². The first-order chi connectivity index (χ1) is 9.06. The third-order valence-corrected chi connectivity index (χ3v) is 2.84. The van der Waals surface area contributed by atoms with Crippen molar-refractivity contribution < 1.29 is 18.0 Å². The summed E-state index contributed by atoms with van der Waals surface area (Å²) in [6.45, 7) is 3.02. The SMILES string of the molecule is O=C(CN1CCNCC1)Nc1cc(F)cc(F)c1F. The van der Waals surface area contributed by atoms with Gasteiger partial charge in [0.2, 0.25) is 5.91 Å². The van der Waals surface area contributed by atoms with Crippen LogP contribution in [-0.2, 0) is 4.79 Å². The minimum Gasteiger partial charge on any atom is -0.322 e. The highest BCUT2D eigenvalue weighted by Gasteiger charge is 2.16. The van der Waals surface area contributed by atoms with E-state index in [4.69, 9.17) is 0 Å². The Bertz CT molecular complexity index is 476. The average molecular weight is 273 g/mol. The lowest BCUT2D eigenvalue weighted by molar-refractivity contribution is -0.117. The normalized spacial score (nSPS) is 16.4. The summed E-state index contributed by atoms with van der Waals surface area (Å²) in [5.41, 5.74) is -0.474. The van der Waals surface area contributed by atoms with Crippen LogP contribution in [0.25, 0.3) is 0 Å². The molecule has 0 aliphatic carbocycles. The van der Waals surface area contributed by atoms with Crippen molar-refractivity contribution in [3.05, 3.63) is 29.6 Å². The monoisotopic (exact) mass is 273 g/mol. The first kappa shape index (κ1) is 13.8. The van der Waals surface area contributed by atoms with Crippen molar-refractivity contribution in [1.82, 2.24) is 10.2 Å². The predicted molar refractivity (Wildman–Crippen MR) is 64.3 cm³/mol. The minimum absolute atomic E-state index is 0.0687. The molecule has 1 heterocycles. The van der Waals surface area contributed by atoms with Gasteiger partial charge in [-0.25, -0.2) is 13.2 Å². The molecule has 1 aromatic rings. The zero-order chi connectivity index (χ0) is 13.8. The summed E-state index contributed by atoms with van der Waals surface area (Å²) >= 11 is 0. The van der Waals surface area contributed by atoms with Gasteiger partial charge >= 0.3 is 0 Å². The third-order valence-electron chi connectivity index (χ3n) is 2.84. The fourth-order valence-corrected chi connectivity index (χ4v) is 1.91. The van der Waals surface area contributed by atoms with Gasteiger partial charge in [0.1, 0.15) is 5.82 Å². The molecule has 1 aliphatic rings. The molecule has 1 amide bonds. The topological polar surface area (TPSA) is 44.4 Å². The van der Waals surface area contributed by atoms with Crippen LogP contribution in [0.3, 0.4) is 0 Å². The average Bonchev–Trinajstić information content (AvgIpc) is 2.36. The summed E-state index contributed by atoms with van der Waals surface area (Å²) in [7, 11) is 0. The van der Waals surface area contributed by atoms with Crippen LogP contribution in [0, 0.1) is 17.5 Å². The molecule has 0 radical (unpaired) electrons. The second-order valence-electron chi connectivity index (χ2n) is 4.32. The lowest BCUT2D eigenvalue weighted by Gasteiger charge is -2.26. The zero-order valence-electron chi connectivity index (χ0n) is 10.2. The Labute approximate surface area is 108 Å². The van der Waals surface area contributed by atoms with Crippen molar-refractivity contribution in [1.29, 1.82) is 0 Å². The molecular formula is C12H14F3N3O. The third kappa shape index (κ3) is 3.68. The van der Waals surface area contributed by atoms with Gasteiger partial charge in [-0.05, 0) is 0 Å². The molecule has 0 bridgehead atoms. The fraction of sp³-hybridized carbons (Fsp3) is 0.417. The molecule has 0 aromatic heterocycles. The standard InChI is InChI=1S/C12H14F3N3O/c13-8-5-9(14)12(15)10(6-8)17-11(19)7-18-3-1-16-2-4-18/h5-6,16H,1-4,7H2,(H,17,19). The van der Waals surface area contributed by atoms with Gasteiger partial charge in [0.05, 0.1) is 12.2 Å². The van der Waals surface area contributed by atoms with Crippen LogP contribution in [0.4, 0.5) is 18.9 Å². The maximum atomic E-state index is 13.3. The Kier molecular flexibility index (Phi) is 4.39. The van der Waals surface area contributed by atoms with Crippen LogP contribution in [0.15, 0.2) is 12.1 Å². The van der Waals surface area contributed by atoms with Crippen LogP contribution in [0.5, 0.6) is 0 Å². The van der Waals surface area contributed by atoms with Gasteiger partial charge in [-0.3, -0.25) is 9.69 Å². The molecule has 19 heavy (non-hydrogen) atoms. The van der Waals surface area contributed by atoms with E-state index >= 15 is 0 Å². The molecular weight excluding hydrogens is 259 g/mol. The van der Waals surface area contributed by atoms with Gasteiger partial charge in [-0.1, -0.05) is 0 Å². The smallest absolute Gasteiger partial charge is 0.238 e. The number of hydrogen-bond acceptors (Lipinski definition) is 3. The van der Waals surface area contributed by atoms with E-state index in [-0.39, 0.29) is 6.54 Å².